The van der Waals surface area contributed by atoms with Crippen molar-refractivity contribution in [2.75, 3.05) is 18.5 Å². The average Bonchev–Trinajstić information content (AvgIpc) is 2.65. The van der Waals surface area contributed by atoms with Gasteiger partial charge in [0, 0.05) is 6.07 Å². The summed E-state index contributed by atoms with van der Waals surface area (Å²) in [6.45, 7) is 2.74. The lowest BCUT2D eigenvalue weighted by Crippen LogP contribution is -2.20. The Balaban J connectivity index is 1.74. The first-order valence-electron chi connectivity index (χ1n) is 9.12. The number of carbonyl (C=O) groups is 1. The van der Waals surface area contributed by atoms with E-state index in [0.717, 1.165) is 12.2 Å². The van der Waals surface area contributed by atoms with Crippen LogP contribution < -0.4 is 14.8 Å². The van der Waals surface area contributed by atoms with E-state index in [-0.39, 0.29) is 18.3 Å². The Morgan fingerprint density at radius 1 is 0.962 bits per heavy atom. The van der Waals surface area contributed by atoms with E-state index in [2.05, 4.69) is 12.2 Å². The van der Waals surface area contributed by atoms with Crippen LogP contribution in [0.2, 0.25) is 0 Å². The van der Waals surface area contributed by atoms with Crippen LogP contribution in [0.4, 0.5) is 5.69 Å². The quantitative estimate of drug-likeness (QED) is 0.449. The molecule has 2 rings (SSSR count). The van der Waals surface area contributed by atoms with Crippen molar-refractivity contribution in [1.29, 1.82) is 0 Å². The Hall–Kier alpha value is -2.69. The number of para-hydroxylation sites is 2. The molecule has 0 radical (unpaired) electrons. The first kappa shape index (κ1) is 19.6. The fourth-order valence-corrected chi connectivity index (χ4v) is 2.46. The topological polar surface area (TPSA) is 67.8 Å². The van der Waals surface area contributed by atoms with Crippen LogP contribution in [-0.2, 0) is 4.79 Å². The largest absolute Gasteiger partial charge is 0.506 e. The summed E-state index contributed by atoms with van der Waals surface area (Å²) in [7, 11) is 0. The second-order valence-electron chi connectivity index (χ2n) is 6.09. The number of rotatable bonds is 11. The van der Waals surface area contributed by atoms with Gasteiger partial charge in [-0.2, -0.15) is 0 Å². The van der Waals surface area contributed by atoms with Crippen LogP contribution in [0.3, 0.4) is 0 Å². The lowest BCUT2D eigenvalue weighted by molar-refractivity contribution is -0.118. The molecule has 0 fully saturated rings. The van der Waals surface area contributed by atoms with Crippen LogP contribution in [0, 0.1) is 0 Å². The van der Waals surface area contributed by atoms with E-state index < -0.39 is 0 Å². The zero-order valence-electron chi connectivity index (χ0n) is 15.2. The predicted octanol–water partition coefficient (Wildman–Crippen LogP) is 4.76. The van der Waals surface area contributed by atoms with Crippen molar-refractivity contribution in [2.45, 2.75) is 39.0 Å². The van der Waals surface area contributed by atoms with E-state index in [1.165, 1.54) is 31.7 Å². The van der Waals surface area contributed by atoms with Gasteiger partial charge in [0.2, 0.25) is 0 Å². The Labute approximate surface area is 155 Å². The van der Waals surface area contributed by atoms with Gasteiger partial charge in [0.25, 0.3) is 5.91 Å². The Morgan fingerprint density at radius 3 is 2.46 bits per heavy atom. The molecule has 2 aromatic carbocycles. The van der Waals surface area contributed by atoms with Gasteiger partial charge in [-0.3, -0.25) is 4.79 Å². The summed E-state index contributed by atoms with van der Waals surface area (Å²) < 4.78 is 11.2. The van der Waals surface area contributed by atoms with Crippen molar-refractivity contribution in [3.05, 3.63) is 48.5 Å². The van der Waals surface area contributed by atoms with E-state index in [1.54, 1.807) is 30.3 Å². The van der Waals surface area contributed by atoms with Crippen LogP contribution in [0.1, 0.15) is 39.0 Å². The van der Waals surface area contributed by atoms with E-state index >= 15 is 0 Å². The molecule has 0 heterocycles. The van der Waals surface area contributed by atoms with Gasteiger partial charge in [-0.05, 0) is 30.7 Å². The summed E-state index contributed by atoms with van der Waals surface area (Å²) in [5.74, 6) is 0.990. The molecule has 140 valence electrons. The van der Waals surface area contributed by atoms with E-state index in [4.69, 9.17) is 9.47 Å². The molecule has 0 saturated carbocycles. The Kier molecular flexibility index (Phi) is 8.33. The first-order valence-corrected chi connectivity index (χ1v) is 9.12. The highest BCUT2D eigenvalue weighted by atomic mass is 16.5. The highest BCUT2D eigenvalue weighted by Gasteiger charge is 2.07. The highest BCUT2D eigenvalue weighted by Crippen LogP contribution is 2.22. The average molecular weight is 357 g/mol. The van der Waals surface area contributed by atoms with Crippen LogP contribution in [-0.4, -0.2) is 24.2 Å². The maximum atomic E-state index is 11.9. The molecule has 0 aliphatic heterocycles. The maximum absolute atomic E-state index is 11.9. The van der Waals surface area contributed by atoms with Crippen molar-refractivity contribution in [2.24, 2.45) is 0 Å². The summed E-state index contributed by atoms with van der Waals surface area (Å²) in [4.78, 5) is 11.9. The van der Waals surface area contributed by atoms with Crippen LogP contribution in [0.25, 0.3) is 0 Å². The van der Waals surface area contributed by atoms with Gasteiger partial charge in [0.05, 0.1) is 12.3 Å². The summed E-state index contributed by atoms with van der Waals surface area (Å²) in [5, 5.41) is 12.3. The molecule has 5 heteroatoms. The first-order chi connectivity index (χ1) is 12.7. The second kappa shape index (κ2) is 11.0. The number of ether oxygens (including phenoxy) is 2. The monoisotopic (exact) mass is 357 g/mol. The smallest absolute Gasteiger partial charge is 0.262 e. The van der Waals surface area contributed by atoms with Gasteiger partial charge in [-0.15, -0.1) is 0 Å². The number of phenolic OH excluding ortho intramolecular Hbond substituents is 1. The second-order valence-corrected chi connectivity index (χ2v) is 6.09. The van der Waals surface area contributed by atoms with Crippen molar-refractivity contribution in [3.63, 3.8) is 0 Å². The minimum atomic E-state index is -0.339. The van der Waals surface area contributed by atoms with Gasteiger partial charge < -0.3 is 19.9 Å². The zero-order chi connectivity index (χ0) is 18.6. The molecule has 2 aromatic rings. The van der Waals surface area contributed by atoms with Crippen molar-refractivity contribution in [3.8, 4) is 17.2 Å². The number of unbranched alkanes of at least 4 members (excludes halogenated alkanes) is 4. The molecule has 0 bridgehead atoms. The number of hydrogen-bond acceptors (Lipinski definition) is 4. The minimum absolute atomic E-state index is 0.0233. The number of benzene rings is 2. The number of amides is 1. The van der Waals surface area contributed by atoms with Crippen molar-refractivity contribution >= 4 is 11.6 Å². The molecule has 0 unspecified atom stereocenters. The number of carbonyl (C=O) groups excluding carboxylic acids is 1. The molecule has 2 N–H and O–H groups in total. The van der Waals surface area contributed by atoms with Gasteiger partial charge >= 0.3 is 0 Å². The van der Waals surface area contributed by atoms with Gasteiger partial charge in [0.1, 0.15) is 17.2 Å². The fourth-order valence-electron chi connectivity index (χ4n) is 2.46. The molecule has 0 aliphatic carbocycles. The van der Waals surface area contributed by atoms with Crippen LogP contribution in [0.15, 0.2) is 48.5 Å². The Bertz CT molecular complexity index is 687. The Morgan fingerprint density at radius 2 is 1.69 bits per heavy atom. The van der Waals surface area contributed by atoms with Gasteiger partial charge in [0.15, 0.2) is 6.61 Å². The number of aromatic hydroxyl groups is 1. The fraction of sp³-hybridized carbons (Fsp3) is 0.381. The minimum Gasteiger partial charge on any atom is -0.506 e. The summed E-state index contributed by atoms with van der Waals surface area (Å²) in [6, 6.07) is 13.8. The van der Waals surface area contributed by atoms with E-state index in [0.29, 0.717) is 18.0 Å². The third-order valence-electron chi connectivity index (χ3n) is 3.87. The zero-order valence-corrected chi connectivity index (χ0v) is 15.2. The molecule has 0 saturated heterocycles. The predicted molar refractivity (Wildman–Crippen MR) is 103 cm³/mol. The SMILES string of the molecule is CCCCCCCOc1cccc(OCC(=O)Nc2ccccc2O)c1. The lowest BCUT2D eigenvalue weighted by Gasteiger charge is -2.10. The number of hydrogen-bond donors (Lipinski definition) is 2. The van der Waals surface area contributed by atoms with Crippen LogP contribution in [0.5, 0.6) is 17.2 Å². The summed E-state index contributed by atoms with van der Waals surface area (Å²) in [5.41, 5.74) is 0.362. The van der Waals surface area contributed by atoms with Gasteiger partial charge in [-0.25, -0.2) is 0 Å². The molecule has 5 nitrogen and oxygen atoms in total. The number of anilines is 1. The molecule has 0 atom stereocenters. The van der Waals surface area contributed by atoms with Gasteiger partial charge in [-0.1, -0.05) is 50.8 Å². The summed E-state index contributed by atoms with van der Waals surface area (Å²) in [6.07, 6.45) is 5.96. The lowest BCUT2D eigenvalue weighted by atomic mass is 10.2. The third-order valence-corrected chi connectivity index (χ3v) is 3.87. The van der Waals surface area contributed by atoms with Crippen LogP contribution >= 0.6 is 0 Å². The molecule has 26 heavy (non-hydrogen) atoms. The third kappa shape index (κ3) is 7.05. The molecule has 0 spiro atoms. The molecule has 0 aliphatic rings. The summed E-state index contributed by atoms with van der Waals surface area (Å²) >= 11 is 0. The molecule has 0 aromatic heterocycles. The standard InChI is InChI=1S/C21H27NO4/c1-2-3-4-5-8-14-25-17-10-9-11-18(15-17)26-16-21(24)22-19-12-6-7-13-20(19)23/h6-7,9-13,15,23H,2-5,8,14,16H2,1H3,(H,22,24). The normalized spacial score (nSPS) is 10.3. The number of phenols is 1. The molecular weight excluding hydrogens is 330 g/mol. The van der Waals surface area contributed by atoms with Crippen molar-refractivity contribution < 1.29 is 19.4 Å². The van der Waals surface area contributed by atoms with E-state index in [1.807, 2.05) is 12.1 Å². The van der Waals surface area contributed by atoms with E-state index in [9.17, 15) is 9.90 Å². The highest BCUT2D eigenvalue weighted by molar-refractivity contribution is 5.93. The molecule has 1 amide bonds. The maximum Gasteiger partial charge on any atom is 0.262 e. The molecular formula is C21H27NO4. The van der Waals surface area contributed by atoms with Crippen molar-refractivity contribution in [1.82, 2.24) is 0 Å². The number of nitrogens with one attached hydrogen (secondary N) is 1.